The summed E-state index contributed by atoms with van der Waals surface area (Å²) in [5, 5.41) is 8.26. The predicted molar refractivity (Wildman–Crippen MR) is 46.1 cm³/mol. The molecule has 0 spiro atoms. The Kier molecular flexibility index (Phi) is 6.94. The van der Waals surface area contributed by atoms with Gasteiger partial charge in [0.25, 0.3) is 0 Å². The maximum atomic E-state index is 10.4. The lowest BCUT2D eigenvalue weighted by atomic mass is 10.5. The number of aliphatic hydroxyl groups excluding tert-OH is 1. The first-order chi connectivity index (χ1) is 4.81. The topological polar surface area (TPSA) is 46.5 Å². The van der Waals surface area contributed by atoms with Gasteiger partial charge in [-0.2, -0.15) is 0 Å². The zero-order chi connectivity index (χ0) is 7.82. The fraction of sp³-hybridized carbons (Fsp3) is 0.500. The molecule has 1 N–H and O–H groups in total. The van der Waals surface area contributed by atoms with Gasteiger partial charge in [0.2, 0.25) is 0 Å². The van der Waals surface area contributed by atoms with Crippen LogP contribution in [-0.4, -0.2) is 28.7 Å². The van der Waals surface area contributed by atoms with Crippen LogP contribution in [0.5, 0.6) is 0 Å². The van der Waals surface area contributed by atoms with Gasteiger partial charge < -0.3 is 9.84 Å². The van der Waals surface area contributed by atoms with Crippen LogP contribution in [-0.2, 0) is 9.53 Å². The van der Waals surface area contributed by atoms with E-state index in [0.717, 1.165) is 0 Å². The highest BCUT2D eigenvalue weighted by molar-refractivity contribution is 14.1. The number of rotatable bonds is 4. The number of esters is 1. The average molecular weight is 256 g/mol. The van der Waals surface area contributed by atoms with E-state index in [0.29, 0.717) is 4.43 Å². The van der Waals surface area contributed by atoms with Crippen LogP contribution in [0.1, 0.15) is 0 Å². The molecule has 3 nitrogen and oxygen atoms in total. The van der Waals surface area contributed by atoms with Gasteiger partial charge in [-0.05, 0) is 6.08 Å². The maximum absolute atomic E-state index is 10.4. The van der Waals surface area contributed by atoms with Crippen LogP contribution in [0.3, 0.4) is 0 Å². The van der Waals surface area contributed by atoms with Crippen molar-refractivity contribution < 1.29 is 14.6 Å². The fourth-order valence-electron chi connectivity index (χ4n) is 0.322. The summed E-state index contributed by atoms with van der Waals surface area (Å²) in [5.74, 6) is -0.233. The molecular weight excluding hydrogens is 247 g/mol. The molecule has 0 aromatic carbocycles. The van der Waals surface area contributed by atoms with Crippen LogP contribution in [0, 0.1) is 0 Å². The molecule has 0 aliphatic rings. The number of halogens is 1. The lowest BCUT2D eigenvalue weighted by molar-refractivity contribution is -0.138. The summed E-state index contributed by atoms with van der Waals surface area (Å²) < 4.78 is 5.01. The molecule has 58 valence electrons. The second-order valence-corrected chi connectivity index (χ2v) is 2.23. The molecule has 0 aromatic rings. The number of hydrogen-bond acceptors (Lipinski definition) is 3. The second-order valence-electron chi connectivity index (χ2n) is 1.47. The van der Waals surface area contributed by atoms with Gasteiger partial charge in [-0.1, -0.05) is 28.7 Å². The Labute approximate surface area is 73.2 Å². The van der Waals surface area contributed by atoms with E-state index in [1.807, 2.05) is 22.6 Å². The van der Waals surface area contributed by atoms with Crippen LogP contribution in [0.4, 0.5) is 0 Å². The van der Waals surface area contributed by atoms with Gasteiger partial charge in [-0.15, -0.1) is 0 Å². The van der Waals surface area contributed by atoms with Gasteiger partial charge in [0, 0.05) is 0 Å². The molecule has 0 heterocycles. The third-order valence-electron chi connectivity index (χ3n) is 0.722. The van der Waals surface area contributed by atoms with Crippen molar-refractivity contribution in [2.75, 3.05) is 17.6 Å². The highest BCUT2D eigenvalue weighted by Crippen LogP contribution is 1.86. The van der Waals surface area contributed by atoms with Gasteiger partial charge in [0.1, 0.15) is 6.61 Å². The largest absolute Gasteiger partial charge is 0.461 e. The Hall–Kier alpha value is -0.100. The van der Waals surface area contributed by atoms with E-state index in [4.69, 9.17) is 5.11 Å². The van der Waals surface area contributed by atoms with Gasteiger partial charge in [0.15, 0.2) is 0 Å². The van der Waals surface area contributed by atoms with Gasteiger partial charge in [-0.3, -0.25) is 4.79 Å². The first-order valence-electron chi connectivity index (χ1n) is 2.78. The van der Waals surface area contributed by atoms with E-state index < -0.39 is 0 Å². The molecule has 0 unspecified atom stereocenters. The van der Waals surface area contributed by atoms with Crippen LogP contribution < -0.4 is 0 Å². The minimum atomic E-state index is -0.233. The quantitative estimate of drug-likeness (QED) is 0.345. The number of hydrogen-bond donors (Lipinski definition) is 1. The highest BCUT2D eigenvalue weighted by Gasteiger charge is 1.94. The molecule has 4 heteroatoms. The van der Waals surface area contributed by atoms with Crippen molar-refractivity contribution >= 4 is 28.6 Å². The Morgan fingerprint density at radius 2 is 2.30 bits per heavy atom. The molecule has 0 rings (SSSR count). The van der Waals surface area contributed by atoms with Crippen LogP contribution in [0.15, 0.2) is 12.2 Å². The molecule has 0 aliphatic heterocycles. The molecule has 0 bridgehead atoms. The first-order valence-corrected chi connectivity index (χ1v) is 4.31. The van der Waals surface area contributed by atoms with Crippen molar-refractivity contribution in [3.05, 3.63) is 12.2 Å². The number of ether oxygens (including phenoxy) is 1. The molecule has 0 atom stereocenters. The van der Waals surface area contributed by atoms with E-state index in [9.17, 15) is 4.79 Å². The van der Waals surface area contributed by atoms with Crippen LogP contribution >= 0.6 is 22.6 Å². The van der Waals surface area contributed by atoms with E-state index in [1.165, 1.54) is 6.08 Å². The summed E-state index contributed by atoms with van der Waals surface area (Å²) in [5.41, 5.74) is 0. The Bertz CT molecular complexity index is 122. The number of aliphatic hydroxyl groups is 1. The second kappa shape index (κ2) is 7.01. The minimum absolute atomic E-state index is 0.0121. The zero-order valence-corrected chi connectivity index (χ0v) is 7.58. The molecule has 0 fully saturated rings. The van der Waals surface area contributed by atoms with E-state index >= 15 is 0 Å². The summed E-state index contributed by atoms with van der Waals surface area (Å²) in [7, 11) is 0. The molecule has 0 radical (unpaired) electrons. The van der Waals surface area contributed by atoms with E-state index in [1.54, 1.807) is 6.08 Å². The summed E-state index contributed by atoms with van der Waals surface area (Å²) in [6.07, 6.45) is 3.13. The standard InChI is InChI=1S/C6H9IO3/c7-5-6(9)10-4-2-1-3-8/h1-2,8H,3-5H2/b2-1+. The molecule has 0 aliphatic carbocycles. The molecular formula is C6H9IO3. The van der Waals surface area contributed by atoms with Crippen LogP contribution in [0.2, 0.25) is 0 Å². The summed E-state index contributed by atoms with van der Waals surface area (Å²) in [4.78, 5) is 10.4. The van der Waals surface area contributed by atoms with E-state index in [-0.39, 0.29) is 19.2 Å². The third-order valence-corrected chi connectivity index (χ3v) is 1.34. The van der Waals surface area contributed by atoms with Crippen molar-refractivity contribution in [1.29, 1.82) is 0 Å². The summed E-state index contributed by atoms with van der Waals surface area (Å²) >= 11 is 1.93. The van der Waals surface area contributed by atoms with Gasteiger partial charge in [0.05, 0.1) is 11.0 Å². The lowest BCUT2D eigenvalue weighted by Gasteiger charge is -1.95. The van der Waals surface area contributed by atoms with Crippen molar-refractivity contribution in [3.8, 4) is 0 Å². The minimum Gasteiger partial charge on any atom is -0.461 e. The molecule has 10 heavy (non-hydrogen) atoms. The predicted octanol–water partition coefficient (Wildman–Crippen LogP) is 0.513. The monoisotopic (exact) mass is 256 g/mol. The smallest absolute Gasteiger partial charge is 0.316 e. The molecule has 0 aromatic heterocycles. The van der Waals surface area contributed by atoms with Crippen molar-refractivity contribution in [3.63, 3.8) is 0 Å². The van der Waals surface area contributed by atoms with Gasteiger partial charge >= 0.3 is 5.97 Å². The number of carbonyl (C=O) groups is 1. The lowest BCUT2D eigenvalue weighted by Crippen LogP contribution is -2.04. The summed E-state index contributed by atoms with van der Waals surface area (Å²) in [6.45, 7) is 0.240. The first kappa shape index (κ1) is 9.90. The van der Waals surface area contributed by atoms with Crippen molar-refractivity contribution in [1.82, 2.24) is 0 Å². The van der Waals surface area contributed by atoms with Crippen LogP contribution in [0.25, 0.3) is 0 Å². The van der Waals surface area contributed by atoms with Crippen molar-refractivity contribution in [2.24, 2.45) is 0 Å². The van der Waals surface area contributed by atoms with Crippen molar-refractivity contribution in [2.45, 2.75) is 0 Å². The average Bonchev–Trinajstić information content (AvgIpc) is 1.98. The Balaban J connectivity index is 3.19. The molecule has 0 amide bonds. The summed E-state index contributed by atoms with van der Waals surface area (Å²) in [6, 6.07) is 0. The Morgan fingerprint density at radius 1 is 1.60 bits per heavy atom. The van der Waals surface area contributed by atoms with E-state index in [2.05, 4.69) is 4.74 Å². The normalized spacial score (nSPS) is 10.2. The third kappa shape index (κ3) is 6.03. The molecule has 0 saturated heterocycles. The maximum Gasteiger partial charge on any atom is 0.316 e. The SMILES string of the molecule is O=C(CI)OC/C=C/CO. The van der Waals surface area contributed by atoms with Gasteiger partial charge in [-0.25, -0.2) is 0 Å². The Morgan fingerprint density at radius 3 is 2.80 bits per heavy atom. The zero-order valence-electron chi connectivity index (χ0n) is 5.42. The fourth-order valence-corrected chi connectivity index (χ4v) is 0.542. The number of carbonyl (C=O) groups excluding carboxylic acids is 1. The highest BCUT2D eigenvalue weighted by atomic mass is 127. The number of alkyl halides is 1. The molecule has 0 saturated carbocycles.